The number of aryl methyl sites for hydroxylation is 1. The van der Waals surface area contributed by atoms with Gasteiger partial charge in [-0.25, -0.2) is 4.98 Å². The van der Waals surface area contributed by atoms with Crippen molar-refractivity contribution in [3.8, 4) is 0 Å². The van der Waals surface area contributed by atoms with E-state index in [0.29, 0.717) is 6.04 Å². The summed E-state index contributed by atoms with van der Waals surface area (Å²) in [5, 5.41) is 0. The van der Waals surface area contributed by atoms with Gasteiger partial charge in [-0.3, -0.25) is 4.79 Å². The topological polar surface area (TPSA) is 50.6 Å². The summed E-state index contributed by atoms with van der Waals surface area (Å²) in [6.07, 6.45) is 9.99. The van der Waals surface area contributed by atoms with Gasteiger partial charge in [-0.05, 0) is 37.8 Å². The van der Waals surface area contributed by atoms with Gasteiger partial charge in [0.2, 0.25) is 0 Å². The van der Waals surface area contributed by atoms with Crippen LogP contribution in [0.2, 0.25) is 0 Å². The average molecular weight is 368 g/mol. The number of carbonyl (C=O) groups is 1. The summed E-state index contributed by atoms with van der Waals surface area (Å²) in [4.78, 5) is 22.0. The van der Waals surface area contributed by atoms with Crippen molar-refractivity contribution in [3.05, 3.63) is 48.5 Å². The van der Waals surface area contributed by atoms with Crippen LogP contribution in [0.25, 0.3) is 0 Å². The summed E-state index contributed by atoms with van der Waals surface area (Å²) in [7, 11) is 0. The van der Waals surface area contributed by atoms with Gasteiger partial charge < -0.3 is 19.1 Å². The minimum atomic E-state index is 0.174. The molecule has 0 bridgehead atoms. The fourth-order valence-electron chi connectivity index (χ4n) is 4.17. The highest BCUT2D eigenvalue weighted by Gasteiger charge is 2.29. The lowest BCUT2D eigenvalue weighted by molar-refractivity contribution is 0.0595. The summed E-state index contributed by atoms with van der Waals surface area (Å²) >= 11 is 0. The molecule has 0 saturated carbocycles. The van der Waals surface area contributed by atoms with E-state index in [0.717, 1.165) is 69.9 Å². The molecule has 1 aromatic heterocycles. The van der Waals surface area contributed by atoms with Crippen LogP contribution in [-0.2, 0) is 11.3 Å². The Morgan fingerprint density at radius 2 is 2.00 bits per heavy atom. The Hall–Kier alpha value is -2.34. The van der Waals surface area contributed by atoms with Crippen molar-refractivity contribution < 1.29 is 9.53 Å². The number of amides is 1. The van der Waals surface area contributed by atoms with Crippen LogP contribution in [0, 0.1) is 0 Å². The van der Waals surface area contributed by atoms with Crippen molar-refractivity contribution in [2.75, 3.05) is 37.7 Å². The molecule has 0 spiro atoms. The van der Waals surface area contributed by atoms with Crippen LogP contribution >= 0.6 is 0 Å². The Bertz CT molecular complexity index is 740. The van der Waals surface area contributed by atoms with Gasteiger partial charge in [-0.1, -0.05) is 12.1 Å². The number of rotatable bonds is 5. The lowest BCUT2D eigenvalue weighted by Gasteiger charge is -2.37. The monoisotopic (exact) mass is 368 g/mol. The van der Waals surface area contributed by atoms with Crippen LogP contribution in [0.15, 0.2) is 43.0 Å². The highest BCUT2D eigenvalue weighted by Crippen LogP contribution is 2.27. The Balaban J connectivity index is 1.51. The van der Waals surface area contributed by atoms with Crippen LogP contribution in [0.3, 0.4) is 0 Å². The summed E-state index contributed by atoms with van der Waals surface area (Å²) in [5.74, 6) is 0.174. The standard InChI is InChI=1S/C21H28N4O2/c26-21(19-6-1-2-7-20(19)24-13-15-27-16-14-24)25-10-4-3-5-18(25)8-11-23-12-9-22-17-23/h1-2,6-7,9,12,17-18H,3-5,8,10-11,13-16H2/t18-/m1/s1. The van der Waals surface area contributed by atoms with E-state index in [2.05, 4.69) is 25.4 Å². The minimum Gasteiger partial charge on any atom is -0.378 e. The number of nitrogens with zero attached hydrogens (tertiary/aromatic N) is 4. The first-order chi connectivity index (χ1) is 13.3. The van der Waals surface area contributed by atoms with E-state index in [1.165, 1.54) is 6.42 Å². The zero-order valence-corrected chi connectivity index (χ0v) is 15.8. The molecular formula is C21H28N4O2. The highest BCUT2D eigenvalue weighted by molar-refractivity contribution is 6.00. The smallest absolute Gasteiger partial charge is 0.256 e. The molecule has 0 unspecified atom stereocenters. The number of hydrogen-bond acceptors (Lipinski definition) is 4. The number of morpholine rings is 1. The van der Waals surface area contributed by atoms with Crippen LogP contribution < -0.4 is 4.90 Å². The van der Waals surface area contributed by atoms with Gasteiger partial charge in [0.25, 0.3) is 5.91 Å². The summed E-state index contributed by atoms with van der Waals surface area (Å²) < 4.78 is 7.57. The molecule has 0 radical (unpaired) electrons. The van der Waals surface area contributed by atoms with Gasteiger partial charge in [0.1, 0.15) is 0 Å². The quantitative estimate of drug-likeness (QED) is 0.814. The first kappa shape index (κ1) is 18.0. The number of benzene rings is 1. The zero-order valence-electron chi connectivity index (χ0n) is 15.8. The second-order valence-electron chi connectivity index (χ2n) is 7.35. The van der Waals surface area contributed by atoms with E-state index in [1.54, 1.807) is 0 Å². The lowest BCUT2D eigenvalue weighted by atomic mass is 9.97. The molecule has 6 nitrogen and oxygen atoms in total. The van der Waals surface area contributed by atoms with E-state index in [9.17, 15) is 4.79 Å². The number of para-hydroxylation sites is 1. The molecule has 3 heterocycles. The molecule has 2 fully saturated rings. The number of imidazole rings is 1. The van der Waals surface area contributed by atoms with Gasteiger partial charge in [0, 0.05) is 50.3 Å². The van der Waals surface area contributed by atoms with Crippen molar-refractivity contribution >= 4 is 11.6 Å². The normalized spacial score (nSPS) is 20.7. The van der Waals surface area contributed by atoms with Crippen LogP contribution in [0.4, 0.5) is 5.69 Å². The molecule has 6 heteroatoms. The van der Waals surface area contributed by atoms with E-state index in [1.807, 2.05) is 36.9 Å². The molecular weight excluding hydrogens is 340 g/mol. The second-order valence-corrected chi connectivity index (χ2v) is 7.35. The number of aromatic nitrogens is 2. The Kier molecular flexibility index (Phi) is 5.72. The molecule has 27 heavy (non-hydrogen) atoms. The summed E-state index contributed by atoms with van der Waals surface area (Å²) in [6.45, 7) is 4.88. The molecule has 1 amide bonds. The lowest BCUT2D eigenvalue weighted by Crippen LogP contribution is -2.45. The van der Waals surface area contributed by atoms with Crippen molar-refractivity contribution in [2.45, 2.75) is 38.3 Å². The summed E-state index contributed by atoms with van der Waals surface area (Å²) in [5.41, 5.74) is 1.87. The first-order valence-electron chi connectivity index (χ1n) is 10.0. The maximum atomic E-state index is 13.5. The third kappa shape index (κ3) is 4.16. The number of ether oxygens (including phenoxy) is 1. The molecule has 0 aliphatic carbocycles. The van der Waals surface area contributed by atoms with Crippen molar-refractivity contribution in [1.29, 1.82) is 0 Å². The molecule has 0 N–H and O–H groups in total. The molecule has 144 valence electrons. The second kappa shape index (κ2) is 8.57. The minimum absolute atomic E-state index is 0.174. The van der Waals surface area contributed by atoms with Gasteiger partial charge >= 0.3 is 0 Å². The van der Waals surface area contributed by atoms with Crippen LogP contribution in [-0.4, -0.2) is 59.2 Å². The largest absolute Gasteiger partial charge is 0.378 e. The third-order valence-corrected chi connectivity index (χ3v) is 5.65. The van der Waals surface area contributed by atoms with E-state index < -0.39 is 0 Å². The average Bonchev–Trinajstić information content (AvgIpc) is 3.26. The van der Waals surface area contributed by atoms with Gasteiger partial charge in [0.05, 0.1) is 25.1 Å². The maximum Gasteiger partial charge on any atom is 0.256 e. The fourth-order valence-corrected chi connectivity index (χ4v) is 4.17. The molecule has 2 saturated heterocycles. The highest BCUT2D eigenvalue weighted by atomic mass is 16.5. The number of piperidine rings is 1. The SMILES string of the molecule is O=C(c1ccccc1N1CCOCC1)N1CCCC[C@@H]1CCn1ccnc1. The Morgan fingerprint density at radius 1 is 1.15 bits per heavy atom. The molecule has 1 atom stereocenters. The third-order valence-electron chi connectivity index (χ3n) is 5.65. The number of hydrogen-bond donors (Lipinski definition) is 0. The van der Waals surface area contributed by atoms with E-state index >= 15 is 0 Å². The summed E-state index contributed by atoms with van der Waals surface area (Å²) in [6, 6.07) is 8.35. The predicted molar refractivity (Wildman–Crippen MR) is 105 cm³/mol. The zero-order chi connectivity index (χ0) is 18.5. The molecule has 1 aromatic carbocycles. The van der Waals surface area contributed by atoms with Gasteiger partial charge in [-0.15, -0.1) is 0 Å². The Labute approximate surface area is 160 Å². The number of anilines is 1. The number of likely N-dealkylation sites (tertiary alicyclic amines) is 1. The molecule has 2 aromatic rings. The van der Waals surface area contributed by atoms with Crippen molar-refractivity contribution in [3.63, 3.8) is 0 Å². The Morgan fingerprint density at radius 3 is 2.81 bits per heavy atom. The van der Waals surface area contributed by atoms with Crippen molar-refractivity contribution in [1.82, 2.24) is 14.5 Å². The molecule has 2 aliphatic heterocycles. The van der Waals surface area contributed by atoms with Gasteiger partial charge in [0.15, 0.2) is 0 Å². The van der Waals surface area contributed by atoms with E-state index in [4.69, 9.17) is 4.74 Å². The van der Waals surface area contributed by atoms with Crippen LogP contribution in [0.1, 0.15) is 36.0 Å². The number of carbonyl (C=O) groups excluding carboxylic acids is 1. The fraction of sp³-hybridized carbons (Fsp3) is 0.524. The maximum absolute atomic E-state index is 13.5. The first-order valence-corrected chi connectivity index (χ1v) is 10.0. The van der Waals surface area contributed by atoms with Crippen LogP contribution in [0.5, 0.6) is 0 Å². The van der Waals surface area contributed by atoms with E-state index in [-0.39, 0.29) is 5.91 Å². The molecule has 4 rings (SSSR count). The van der Waals surface area contributed by atoms with Crippen molar-refractivity contribution in [2.24, 2.45) is 0 Å². The molecule has 2 aliphatic rings. The predicted octanol–water partition coefficient (Wildman–Crippen LogP) is 2.80. The van der Waals surface area contributed by atoms with Gasteiger partial charge in [-0.2, -0.15) is 0 Å².